The average molecular weight is 605 g/mol. The van der Waals surface area contributed by atoms with Gasteiger partial charge >= 0.3 is 0 Å². The van der Waals surface area contributed by atoms with Gasteiger partial charge < -0.3 is 10.2 Å². The Labute approximate surface area is 247 Å². The minimum absolute atomic E-state index is 0.0422. The van der Waals surface area contributed by atoms with Crippen LogP contribution >= 0.6 is 23.2 Å². The van der Waals surface area contributed by atoms with E-state index in [1.807, 2.05) is 57.2 Å². The monoisotopic (exact) mass is 603 g/mol. The van der Waals surface area contributed by atoms with Crippen LogP contribution in [0.25, 0.3) is 0 Å². The molecule has 2 amide bonds. The number of carbonyl (C=O) groups excluding carboxylic acids is 2. The van der Waals surface area contributed by atoms with Crippen LogP contribution in [0.15, 0.2) is 72.8 Å². The minimum atomic E-state index is -3.89. The second kappa shape index (κ2) is 13.1. The van der Waals surface area contributed by atoms with Crippen molar-refractivity contribution in [3.8, 4) is 0 Å². The van der Waals surface area contributed by atoms with Gasteiger partial charge in [0.05, 0.1) is 11.9 Å². The van der Waals surface area contributed by atoms with E-state index >= 15 is 0 Å². The predicted octanol–water partition coefficient (Wildman–Crippen LogP) is 5.62. The number of benzene rings is 3. The normalized spacial score (nSPS) is 12.5. The van der Waals surface area contributed by atoms with E-state index in [2.05, 4.69) is 5.32 Å². The standard InChI is InChI=1S/C30H35Cl2N3O4S/c1-21-25(32)15-10-16-26(21)35(40(5,38)39)20-28(36)34(19-23-13-9-14-24(31)17-23)27(29(37)33-30(2,3)4)18-22-11-7-6-8-12-22/h6-17,27H,18-20H2,1-5H3,(H,33,37)/t27-/m0/s1. The number of halogens is 2. The largest absolute Gasteiger partial charge is 0.350 e. The van der Waals surface area contributed by atoms with Crippen LogP contribution < -0.4 is 9.62 Å². The first-order valence-electron chi connectivity index (χ1n) is 12.8. The summed E-state index contributed by atoms with van der Waals surface area (Å²) in [5, 5.41) is 3.85. The summed E-state index contributed by atoms with van der Waals surface area (Å²) in [7, 11) is -3.89. The van der Waals surface area contributed by atoms with E-state index in [9.17, 15) is 18.0 Å². The molecule has 3 aromatic carbocycles. The molecule has 40 heavy (non-hydrogen) atoms. The van der Waals surface area contributed by atoms with Gasteiger partial charge in [0.2, 0.25) is 21.8 Å². The van der Waals surface area contributed by atoms with Gasteiger partial charge in [-0.25, -0.2) is 8.42 Å². The zero-order chi connectivity index (χ0) is 29.7. The van der Waals surface area contributed by atoms with E-state index in [1.165, 1.54) is 4.90 Å². The van der Waals surface area contributed by atoms with E-state index in [0.717, 1.165) is 16.1 Å². The van der Waals surface area contributed by atoms with Gasteiger partial charge in [-0.15, -0.1) is 0 Å². The van der Waals surface area contributed by atoms with E-state index in [-0.39, 0.29) is 18.9 Å². The van der Waals surface area contributed by atoms with Crippen molar-refractivity contribution >= 4 is 50.7 Å². The Bertz CT molecular complexity index is 1460. The van der Waals surface area contributed by atoms with Crippen LogP contribution in [0.5, 0.6) is 0 Å². The number of hydrogen-bond acceptors (Lipinski definition) is 4. The molecule has 0 fully saturated rings. The highest BCUT2D eigenvalue weighted by atomic mass is 35.5. The smallest absolute Gasteiger partial charge is 0.244 e. The summed E-state index contributed by atoms with van der Waals surface area (Å²) in [4.78, 5) is 29.3. The van der Waals surface area contributed by atoms with Crippen molar-refractivity contribution in [2.75, 3.05) is 17.1 Å². The number of hydrogen-bond donors (Lipinski definition) is 1. The lowest BCUT2D eigenvalue weighted by Crippen LogP contribution is -2.56. The molecule has 0 aliphatic carbocycles. The number of amides is 2. The van der Waals surface area contributed by atoms with Crippen molar-refractivity contribution in [1.29, 1.82) is 0 Å². The third kappa shape index (κ3) is 8.71. The molecule has 3 rings (SSSR count). The van der Waals surface area contributed by atoms with Crippen LogP contribution in [-0.4, -0.2) is 49.5 Å². The molecule has 0 aromatic heterocycles. The molecular formula is C30H35Cl2N3O4S. The summed E-state index contributed by atoms with van der Waals surface area (Å²) < 4.78 is 26.9. The van der Waals surface area contributed by atoms with Gasteiger partial charge in [-0.2, -0.15) is 0 Å². The second-order valence-corrected chi connectivity index (χ2v) is 13.5. The minimum Gasteiger partial charge on any atom is -0.350 e. The molecule has 0 aliphatic rings. The van der Waals surface area contributed by atoms with Crippen molar-refractivity contribution in [3.63, 3.8) is 0 Å². The lowest BCUT2D eigenvalue weighted by molar-refractivity contribution is -0.140. The zero-order valence-electron chi connectivity index (χ0n) is 23.3. The van der Waals surface area contributed by atoms with Crippen molar-refractivity contribution in [3.05, 3.63) is 99.5 Å². The van der Waals surface area contributed by atoms with Gasteiger partial charge in [-0.3, -0.25) is 13.9 Å². The molecule has 0 saturated heterocycles. The highest BCUT2D eigenvalue weighted by molar-refractivity contribution is 7.92. The van der Waals surface area contributed by atoms with E-state index in [4.69, 9.17) is 23.2 Å². The van der Waals surface area contributed by atoms with Gasteiger partial charge in [0.1, 0.15) is 12.6 Å². The van der Waals surface area contributed by atoms with Crippen LogP contribution in [0.3, 0.4) is 0 Å². The molecule has 7 nitrogen and oxygen atoms in total. The molecule has 1 atom stereocenters. The summed E-state index contributed by atoms with van der Waals surface area (Å²) in [6.45, 7) is 6.80. The molecule has 3 aromatic rings. The van der Waals surface area contributed by atoms with E-state index in [0.29, 0.717) is 26.9 Å². The Hall–Kier alpha value is -3.07. The fourth-order valence-corrected chi connectivity index (χ4v) is 5.58. The maximum atomic E-state index is 14.1. The first-order valence-corrected chi connectivity index (χ1v) is 15.4. The number of nitrogens with zero attached hydrogens (tertiary/aromatic N) is 2. The molecular weight excluding hydrogens is 569 g/mol. The Kier molecular flexibility index (Phi) is 10.3. The molecule has 0 bridgehead atoms. The van der Waals surface area contributed by atoms with Gasteiger partial charge in [0.15, 0.2) is 0 Å². The summed E-state index contributed by atoms with van der Waals surface area (Å²) in [6.07, 6.45) is 1.26. The topological polar surface area (TPSA) is 86.8 Å². The summed E-state index contributed by atoms with van der Waals surface area (Å²) in [6, 6.07) is 20.3. The highest BCUT2D eigenvalue weighted by Crippen LogP contribution is 2.29. The van der Waals surface area contributed by atoms with Crippen LogP contribution in [-0.2, 0) is 32.6 Å². The summed E-state index contributed by atoms with van der Waals surface area (Å²) >= 11 is 12.5. The Morgan fingerprint density at radius 3 is 2.15 bits per heavy atom. The highest BCUT2D eigenvalue weighted by Gasteiger charge is 2.34. The fourth-order valence-electron chi connectivity index (χ4n) is 4.30. The van der Waals surface area contributed by atoms with Gasteiger partial charge in [0.25, 0.3) is 0 Å². The van der Waals surface area contributed by atoms with Gasteiger partial charge in [0, 0.05) is 28.5 Å². The fraction of sp³-hybridized carbons (Fsp3) is 0.333. The van der Waals surface area contributed by atoms with E-state index in [1.54, 1.807) is 43.3 Å². The molecule has 0 aliphatic heterocycles. The molecule has 214 valence electrons. The summed E-state index contributed by atoms with van der Waals surface area (Å²) in [5.41, 5.74) is 1.81. The van der Waals surface area contributed by atoms with E-state index < -0.39 is 34.1 Å². The van der Waals surface area contributed by atoms with Crippen LogP contribution in [0.4, 0.5) is 5.69 Å². The zero-order valence-corrected chi connectivity index (χ0v) is 25.6. The Morgan fingerprint density at radius 2 is 1.55 bits per heavy atom. The lowest BCUT2D eigenvalue weighted by atomic mass is 10.0. The Morgan fingerprint density at radius 1 is 0.925 bits per heavy atom. The van der Waals surface area contributed by atoms with Crippen molar-refractivity contribution in [2.24, 2.45) is 0 Å². The maximum absolute atomic E-state index is 14.1. The second-order valence-electron chi connectivity index (χ2n) is 10.7. The van der Waals surface area contributed by atoms with Crippen molar-refractivity contribution in [1.82, 2.24) is 10.2 Å². The molecule has 0 unspecified atom stereocenters. The Balaban J connectivity index is 2.10. The maximum Gasteiger partial charge on any atom is 0.244 e. The average Bonchev–Trinajstić information content (AvgIpc) is 2.85. The van der Waals surface area contributed by atoms with Crippen molar-refractivity contribution < 1.29 is 18.0 Å². The quantitative estimate of drug-likeness (QED) is 0.326. The number of anilines is 1. The van der Waals surface area contributed by atoms with Crippen LogP contribution in [0, 0.1) is 6.92 Å². The number of rotatable bonds is 10. The molecule has 10 heteroatoms. The predicted molar refractivity (Wildman–Crippen MR) is 162 cm³/mol. The van der Waals surface area contributed by atoms with Gasteiger partial charge in [-0.05, 0) is 68.7 Å². The van der Waals surface area contributed by atoms with Crippen LogP contribution in [0.2, 0.25) is 10.0 Å². The van der Waals surface area contributed by atoms with Crippen LogP contribution in [0.1, 0.15) is 37.5 Å². The third-order valence-electron chi connectivity index (χ3n) is 6.20. The summed E-state index contributed by atoms with van der Waals surface area (Å²) in [5.74, 6) is -0.897. The third-order valence-corrected chi connectivity index (χ3v) is 7.97. The first-order chi connectivity index (χ1) is 18.7. The number of nitrogens with one attached hydrogen (secondary N) is 1. The molecule has 0 spiro atoms. The van der Waals surface area contributed by atoms with Crippen molar-refractivity contribution in [2.45, 2.75) is 52.2 Å². The molecule has 1 N–H and O–H groups in total. The number of sulfonamides is 1. The number of carbonyl (C=O) groups is 2. The molecule has 0 heterocycles. The SMILES string of the molecule is Cc1c(Cl)cccc1N(CC(=O)N(Cc1cccc(Cl)c1)[C@@H](Cc1ccccc1)C(=O)NC(C)(C)C)S(C)(=O)=O. The first kappa shape index (κ1) is 31.5. The lowest BCUT2D eigenvalue weighted by Gasteiger charge is -2.35. The molecule has 0 saturated carbocycles. The molecule has 0 radical (unpaired) electrons. The van der Waals surface area contributed by atoms with Gasteiger partial charge in [-0.1, -0.05) is 71.7 Å².